The van der Waals surface area contributed by atoms with Crippen molar-refractivity contribution in [1.82, 2.24) is 5.32 Å². The third-order valence-corrected chi connectivity index (χ3v) is 3.63. The number of fused-ring (bicyclic) bond motifs is 3. The Bertz CT molecular complexity index is 399. The SMILES string of the molecule is O=C1CCCC2NCc3ccccc3C12. The Hall–Kier alpha value is -1.15. The third-order valence-electron chi connectivity index (χ3n) is 3.63. The quantitative estimate of drug-likeness (QED) is 0.695. The second kappa shape index (κ2) is 3.46. The molecule has 0 saturated heterocycles. The molecule has 2 atom stereocenters. The van der Waals surface area contributed by atoms with E-state index in [1.54, 1.807) is 0 Å². The van der Waals surface area contributed by atoms with Crippen molar-refractivity contribution in [3.63, 3.8) is 0 Å². The van der Waals surface area contributed by atoms with E-state index in [1.807, 2.05) is 12.1 Å². The van der Waals surface area contributed by atoms with Crippen LogP contribution in [0.4, 0.5) is 0 Å². The number of carbonyl (C=O) groups is 1. The lowest BCUT2D eigenvalue weighted by atomic mass is 9.75. The lowest BCUT2D eigenvalue weighted by molar-refractivity contribution is -0.122. The Morgan fingerprint density at radius 2 is 2.13 bits per heavy atom. The zero-order valence-corrected chi connectivity index (χ0v) is 8.70. The van der Waals surface area contributed by atoms with Crippen molar-refractivity contribution in [2.75, 3.05) is 0 Å². The maximum Gasteiger partial charge on any atom is 0.141 e. The second-order valence-electron chi connectivity index (χ2n) is 4.52. The summed E-state index contributed by atoms with van der Waals surface area (Å²) in [6.45, 7) is 0.921. The first-order valence-electron chi connectivity index (χ1n) is 5.70. The van der Waals surface area contributed by atoms with Crippen LogP contribution < -0.4 is 5.32 Å². The molecule has 78 valence electrons. The smallest absolute Gasteiger partial charge is 0.141 e. The van der Waals surface area contributed by atoms with E-state index >= 15 is 0 Å². The van der Waals surface area contributed by atoms with E-state index < -0.39 is 0 Å². The van der Waals surface area contributed by atoms with Crippen LogP contribution in [0.5, 0.6) is 0 Å². The molecule has 1 saturated carbocycles. The molecule has 3 rings (SSSR count). The van der Waals surface area contributed by atoms with E-state index in [0.717, 1.165) is 25.8 Å². The summed E-state index contributed by atoms with van der Waals surface area (Å²) in [5.41, 5.74) is 2.57. The van der Waals surface area contributed by atoms with Gasteiger partial charge in [-0.25, -0.2) is 0 Å². The number of nitrogens with one attached hydrogen (secondary N) is 1. The Labute approximate surface area is 89.7 Å². The van der Waals surface area contributed by atoms with Crippen LogP contribution in [0, 0.1) is 0 Å². The Balaban J connectivity index is 2.06. The molecule has 1 fully saturated rings. The van der Waals surface area contributed by atoms with E-state index in [2.05, 4.69) is 17.4 Å². The fraction of sp³-hybridized carbons (Fsp3) is 0.462. The lowest BCUT2D eigenvalue weighted by Gasteiger charge is -2.36. The van der Waals surface area contributed by atoms with Crippen molar-refractivity contribution < 1.29 is 4.79 Å². The van der Waals surface area contributed by atoms with Crippen molar-refractivity contribution >= 4 is 5.78 Å². The average molecular weight is 201 g/mol. The molecule has 1 N–H and O–H groups in total. The Kier molecular flexibility index (Phi) is 2.10. The Morgan fingerprint density at radius 3 is 3.07 bits per heavy atom. The standard InChI is InChI=1S/C13H15NO/c15-12-7-3-6-11-13(12)10-5-2-1-4-9(10)8-14-11/h1-2,4-5,11,13-14H,3,6-8H2. The second-order valence-corrected chi connectivity index (χ2v) is 4.52. The summed E-state index contributed by atoms with van der Waals surface area (Å²) in [6, 6.07) is 8.73. The molecule has 0 amide bonds. The maximum atomic E-state index is 12.0. The summed E-state index contributed by atoms with van der Waals surface area (Å²) in [4.78, 5) is 12.0. The highest BCUT2D eigenvalue weighted by molar-refractivity contribution is 5.88. The van der Waals surface area contributed by atoms with Gasteiger partial charge >= 0.3 is 0 Å². The van der Waals surface area contributed by atoms with Gasteiger partial charge in [0.2, 0.25) is 0 Å². The predicted octanol–water partition coefficient (Wildman–Crippen LogP) is 2.00. The van der Waals surface area contributed by atoms with Crippen LogP contribution in [0.3, 0.4) is 0 Å². The van der Waals surface area contributed by atoms with Crippen LogP contribution in [0.25, 0.3) is 0 Å². The minimum atomic E-state index is 0.128. The average Bonchev–Trinajstić information content (AvgIpc) is 2.29. The zero-order valence-electron chi connectivity index (χ0n) is 8.70. The molecule has 15 heavy (non-hydrogen) atoms. The molecule has 0 aromatic heterocycles. The van der Waals surface area contributed by atoms with Gasteiger partial charge in [-0.1, -0.05) is 24.3 Å². The highest BCUT2D eigenvalue weighted by Crippen LogP contribution is 2.35. The number of benzene rings is 1. The van der Waals surface area contributed by atoms with E-state index in [-0.39, 0.29) is 5.92 Å². The summed E-state index contributed by atoms with van der Waals surface area (Å²) >= 11 is 0. The minimum absolute atomic E-state index is 0.128. The first-order valence-corrected chi connectivity index (χ1v) is 5.70. The van der Waals surface area contributed by atoms with Gasteiger partial charge in [0.1, 0.15) is 5.78 Å². The Morgan fingerprint density at radius 1 is 1.27 bits per heavy atom. The minimum Gasteiger partial charge on any atom is -0.309 e. The van der Waals surface area contributed by atoms with E-state index in [0.29, 0.717) is 11.8 Å². The number of Topliss-reactive ketones (excluding diaryl/α,β-unsaturated/α-hetero) is 1. The summed E-state index contributed by atoms with van der Waals surface area (Å²) < 4.78 is 0. The van der Waals surface area contributed by atoms with Crippen molar-refractivity contribution in [2.24, 2.45) is 0 Å². The van der Waals surface area contributed by atoms with Gasteiger partial charge in [0.25, 0.3) is 0 Å². The molecule has 2 aliphatic rings. The normalized spacial score (nSPS) is 29.5. The molecule has 1 aromatic carbocycles. The van der Waals surface area contributed by atoms with Crippen LogP contribution in [0.1, 0.15) is 36.3 Å². The van der Waals surface area contributed by atoms with Gasteiger partial charge in [0, 0.05) is 19.0 Å². The number of carbonyl (C=O) groups excluding carboxylic acids is 1. The summed E-state index contributed by atoms with van der Waals surface area (Å²) in [5, 5.41) is 3.49. The van der Waals surface area contributed by atoms with Crippen molar-refractivity contribution in [3.8, 4) is 0 Å². The summed E-state index contributed by atoms with van der Waals surface area (Å²) in [5.74, 6) is 0.551. The van der Waals surface area contributed by atoms with Crippen molar-refractivity contribution in [2.45, 2.75) is 37.8 Å². The van der Waals surface area contributed by atoms with E-state index in [4.69, 9.17) is 0 Å². The molecule has 1 aliphatic heterocycles. The van der Waals surface area contributed by atoms with E-state index in [1.165, 1.54) is 11.1 Å². The maximum absolute atomic E-state index is 12.0. The predicted molar refractivity (Wildman–Crippen MR) is 58.7 cm³/mol. The number of hydrogen-bond acceptors (Lipinski definition) is 2. The summed E-state index contributed by atoms with van der Waals surface area (Å²) in [6.07, 6.45) is 2.96. The van der Waals surface area contributed by atoms with Gasteiger partial charge in [0.05, 0.1) is 5.92 Å². The number of hydrogen-bond donors (Lipinski definition) is 1. The van der Waals surface area contributed by atoms with Crippen LogP contribution in [0.15, 0.2) is 24.3 Å². The molecule has 2 heteroatoms. The van der Waals surface area contributed by atoms with Gasteiger partial charge in [0.15, 0.2) is 0 Å². The highest BCUT2D eigenvalue weighted by Gasteiger charge is 2.36. The fourth-order valence-corrected chi connectivity index (χ4v) is 2.89. The highest BCUT2D eigenvalue weighted by atomic mass is 16.1. The molecule has 1 aromatic rings. The molecule has 0 bridgehead atoms. The van der Waals surface area contributed by atoms with Crippen LogP contribution in [0.2, 0.25) is 0 Å². The van der Waals surface area contributed by atoms with Gasteiger partial charge in [-0.15, -0.1) is 0 Å². The summed E-state index contributed by atoms with van der Waals surface area (Å²) in [7, 11) is 0. The molecule has 1 aliphatic carbocycles. The largest absolute Gasteiger partial charge is 0.309 e. The van der Waals surface area contributed by atoms with Gasteiger partial charge < -0.3 is 5.32 Å². The van der Waals surface area contributed by atoms with Crippen LogP contribution in [-0.4, -0.2) is 11.8 Å². The first-order chi connectivity index (χ1) is 7.36. The fourth-order valence-electron chi connectivity index (χ4n) is 2.89. The molecule has 2 nitrogen and oxygen atoms in total. The molecule has 0 spiro atoms. The molecular weight excluding hydrogens is 186 g/mol. The zero-order chi connectivity index (χ0) is 10.3. The molecular formula is C13H15NO. The van der Waals surface area contributed by atoms with Gasteiger partial charge in [-0.3, -0.25) is 4.79 Å². The van der Waals surface area contributed by atoms with Crippen LogP contribution >= 0.6 is 0 Å². The number of rotatable bonds is 0. The van der Waals surface area contributed by atoms with Gasteiger partial charge in [-0.2, -0.15) is 0 Å². The molecule has 2 unspecified atom stereocenters. The number of ketones is 1. The van der Waals surface area contributed by atoms with Gasteiger partial charge in [-0.05, 0) is 24.0 Å². The van der Waals surface area contributed by atoms with Crippen molar-refractivity contribution in [3.05, 3.63) is 35.4 Å². The topological polar surface area (TPSA) is 29.1 Å². The molecule has 1 heterocycles. The monoisotopic (exact) mass is 201 g/mol. The van der Waals surface area contributed by atoms with E-state index in [9.17, 15) is 4.79 Å². The molecule has 0 radical (unpaired) electrons. The van der Waals surface area contributed by atoms with Crippen molar-refractivity contribution in [1.29, 1.82) is 0 Å². The van der Waals surface area contributed by atoms with Crippen LogP contribution in [-0.2, 0) is 11.3 Å². The lowest BCUT2D eigenvalue weighted by Crippen LogP contribution is -2.45. The first kappa shape index (κ1) is 9.10. The third kappa shape index (κ3) is 1.40.